The van der Waals surface area contributed by atoms with Crippen LogP contribution in [0.3, 0.4) is 0 Å². The molecule has 0 N–H and O–H groups in total. The van der Waals surface area contributed by atoms with Gasteiger partial charge in [-0.3, -0.25) is 14.5 Å². The summed E-state index contributed by atoms with van der Waals surface area (Å²) in [5.41, 5.74) is 3.00. The first-order chi connectivity index (χ1) is 14.7. The number of hydrogen-bond donors (Lipinski definition) is 0. The van der Waals surface area contributed by atoms with Crippen LogP contribution in [0.15, 0.2) is 91.0 Å². The summed E-state index contributed by atoms with van der Waals surface area (Å²) in [7, 11) is 0. The van der Waals surface area contributed by atoms with Crippen LogP contribution >= 0.6 is 0 Å². The predicted octanol–water partition coefficient (Wildman–Crippen LogP) is 4.58. The number of imide groups is 1. The summed E-state index contributed by atoms with van der Waals surface area (Å²) in [5, 5.41) is 1.30. The van der Waals surface area contributed by atoms with E-state index in [0.717, 1.165) is 16.7 Å². The van der Waals surface area contributed by atoms with Crippen molar-refractivity contribution in [3.63, 3.8) is 0 Å². The van der Waals surface area contributed by atoms with E-state index in [2.05, 4.69) is 0 Å². The number of carbonyl (C=O) groups is 2. The number of hydroxylamine groups is 2. The summed E-state index contributed by atoms with van der Waals surface area (Å²) < 4.78 is 0. The zero-order valence-electron chi connectivity index (χ0n) is 16.7. The molecule has 3 aromatic rings. The Morgan fingerprint density at radius 2 is 1.37 bits per heavy atom. The van der Waals surface area contributed by atoms with Gasteiger partial charge >= 0.3 is 6.03 Å². The molecule has 152 valence electrons. The Morgan fingerprint density at radius 3 is 1.93 bits per heavy atom. The molecule has 0 spiro atoms. The summed E-state index contributed by atoms with van der Waals surface area (Å²) >= 11 is 0. The maximum atomic E-state index is 13.3. The van der Waals surface area contributed by atoms with Crippen molar-refractivity contribution in [3.8, 4) is 0 Å². The van der Waals surface area contributed by atoms with Crippen LogP contribution in [0.4, 0.5) is 4.79 Å². The number of benzene rings is 3. The highest BCUT2D eigenvalue weighted by molar-refractivity contribution is 5.99. The molecular weight excluding hydrogens is 376 g/mol. The van der Waals surface area contributed by atoms with Gasteiger partial charge in [0.2, 0.25) is 5.91 Å². The second kappa shape index (κ2) is 9.37. The number of rotatable bonds is 7. The Bertz CT molecular complexity index is 977. The summed E-state index contributed by atoms with van der Waals surface area (Å²) in [6.45, 7) is 0.527. The molecule has 0 saturated carbocycles. The molecule has 0 aliphatic carbocycles. The molecule has 1 fully saturated rings. The fourth-order valence-corrected chi connectivity index (χ4v) is 3.56. The molecule has 1 heterocycles. The molecule has 3 amide bonds. The quantitative estimate of drug-likeness (QED) is 0.431. The SMILES string of the molecule is O=C1C[C@H](Cc2ccccc2)N1C(=O)N(Cc1ccccc1)OCc1ccccc1. The minimum Gasteiger partial charge on any atom is -0.274 e. The minimum absolute atomic E-state index is 0.147. The van der Waals surface area contributed by atoms with Crippen LogP contribution < -0.4 is 0 Å². The van der Waals surface area contributed by atoms with Crippen LogP contribution in [-0.2, 0) is 29.2 Å². The highest BCUT2D eigenvalue weighted by atomic mass is 16.7. The smallest absolute Gasteiger partial charge is 0.274 e. The molecule has 3 aromatic carbocycles. The van der Waals surface area contributed by atoms with Gasteiger partial charge < -0.3 is 0 Å². The molecule has 0 bridgehead atoms. The third-order valence-electron chi connectivity index (χ3n) is 5.18. The number of carbonyl (C=O) groups excluding carboxylic acids is 2. The topological polar surface area (TPSA) is 49.9 Å². The summed E-state index contributed by atoms with van der Waals surface area (Å²) in [4.78, 5) is 32.8. The lowest BCUT2D eigenvalue weighted by atomic mass is 9.95. The van der Waals surface area contributed by atoms with Gasteiger partial charge in [-0.1, -0.05) is 91.0 Å². The lowest BCUT2D eigenvalue weighted by Gasteiger charge is -2.41. The van der Waals surface area contributed by atoms with Crippen LogP contribution in [-0.4, -0.2) is 27.9 Å². The molecule has 1 saturated heterocycles. The van der Waals surface area contributed by atoms with Crippen molar-refractivity contribution in [2.24, 2.45) is 0 Å². The summed E-state index contributed by atoms with van der Waals surface area (Å²) in [6.07, 6.45) is 1.02. The molecule has 1 atom stereocenters. The average molecular weight is 400 g/mol. The highest BCUT2D eigenvalue weighted by Crippen LogP contribution is 2.26. The van der Waals surface area contributed by atoms with E-state index in [0.29, 0.717) is 12.8 Å². The molecule has 1 aliphatic rings. The maximum Gasteiger partial charge on any atom is 0.351 e. The van der Waals surface area contributed by atoms with E-state index in [9.17, 15) is 9.59 Å². The molecule has 0 unspecified atom stereocenters. The number of amides is 3. The first kappa shape index (κ1) is 19.9. The zero-order chi connectivity index (χ0) is 20.8. The Balaban J connectivity index is 1.49. The lowest BCUT2D eigenvalue weighted by molar-refractivity contribution is -0.162. The number of hydrogen-bond acceptors (Lipinski definition) is 3. The van der Waals surface area contributed by atoms with Crippen LogP contribution in [0.2, 0.25) is 0 Å². The van der Waals surface area contributed by atoms with Gasteiger partial charge in [0.1, 0.15) is 6.61 Å². The number of β-lactam (4-membered cyclic amide) rings is 1. The van der Waals surface area contributed by atoms with E-state index in [-0.39, 0.29) is 25.1 Å². The highest BCUT2D eigenvalue weighted by Gasteiger charge is 2.43. The number of likely N-dealkylation sites (tertiary alicyclic amines) is 1. The molecule has 5 nitrogen and oxygen atoms in total. The largest absolute Gasteiger partial charge is 0.351 e. The summed E-state index contributed by atoms with van der Waals surface area (Å²) in [6, 6.07) is 28.7. The van der Waals surface area contributed by atoms with Crippen molar-refractivity contribution in [2.75, 3.05) is 0 Å². The van der Waals surface area contributed by atoms with Gasteiger partial charge in [0.15, 0.2) is 0 Å². The zero-order valence-corrected chi connectivity index (χ0v) is 16.7. The van der Waals surface area contributed by atoms with Gasteiger partial charge in [-0.25, -0.2) is 4.79 Å². The number of urea groups is 1. The van der Waals surface area contributed by atoms with Crippen molar-refractivity contribution in [1.29, 1.82) is 0 Å². The lowest BCUT2D eigenvalue weighted by Crippen LogP contribution is -2.60. The first-order valence-electron chi connectivity index (χ1n) is 10.1. The van der Waals surface area contributed by atoms with E-state index in [1.807, 2.05) is 91.0 Å². The Hall–Kier alpha value is -3.44. The van der Waals surface area contributed by atoms with E-state index in [1.54, 1.807) is 0 Å². The van der Waals surface area contributed by atoms with Gasteiger partial charge in [0.25, 0.3) is 0 Å². The van der Waals surface area contributed by atoms with Crippen molar-refractivity contribution < 1.29 is 14.4 Å². The monoisotopic (exact) mass is 400 g/mol. The fraction of sp³-hybridized carbons (Fsp3) is 0.200. The second-order valence-corrected chi connectivity index (χ2v) is 7.38. The van der Waals surface area contributed by atoms with E-state index >= 15 is 0 Å². The fourth-order valence-electron chi connectivity index (χ4n) is 3.56. The molecule has 1 aliphatic heterocycles. The van der Waals surface area contributed by atoms with Gasteiger partial charge in [0, 0.05) is 6.42 Å². The maximum absolute atomic E-state index is 13.3. The molecule has 0 radical (unpaired) electrons. The standard InChI is InChI=1S/C25H24N2O3/c28-24-17-23(16-20-10-4-1-5-11-20)27(24)25(29)26(18-21-12-6-2-7-13-21)30-19-22-14-8-3-9-15-22/h1-15,23H,16-19H2/t23-/m0/s1. The predicted molar refractivity (Wildman–Crippen MR) is 114 cm³/mol. The van der Waals surface area contributed by atoms with Crippen molar-refractivity contribution in [1.82, 2.24) is 9.96 Å². The first-order valence-corrected chi connectivity index (χ1v) is 10.1. The molecule has 4 rings (SSSR count). The van der Waals surface area contributed by atoms with Crippen molar-refractivity contribution in [3.05, 3.63) is 108 Å². The third kappa shape index (κ3) is 4.75. The van der Waals surface area contributed by atoms with E-state index in [4.69, 9.17) is 4.84 Å². The van der Waals surface area contributed by atoms with Crippen molar-refractivity contribution >= 4 is 11.9 Å². The van der Waals surface area contributed by atoms with Gasteiger partial charge in [-0.2, -0.15) is 5.06 Å². The molecule has 0 aromatic heterocycles. The minimum atomic E-state index is -0.410. The van der Waals surface area contributed by atoms with Gasteiger partial charge in [-0.05, 0) is 23.1 Å². The Morgan fingerprint density at radius 1 is 0.833 bits per heavy atom. The summed E-state index contributed by atoms with van der Waals surface area (Å²) in [5.74, 6) is -0.165. The van der Waals surface area contributed by atoms with Gasteiger partial charge in [-0.15, -0.1) is 0 Å². The van der Waals surface area contributed by atoms with Crippen LogP contribution in [0.25, 0.3) is 0 Å². The second-order valence-electron chi connectivity index (χ2n) is 7.38. The van der Waals surface area contributed by atoms with Crippen LogP contribution in [0.1, 0.15) is 23.1 Å². The third-order valence-corrected chi connectivity index (χ3v) is 5.18. The molecule has 5 heteroatoms. The molecule has 30 heavy (non-hydrogen) atoms. The average Bonchev–Trinajstić information content (AvgIpc) is 2.78. The van der Waals surface area contributed by atoms with E-state index < -0.39 is 6.03 Å². The van der Waals surface area contributed by atoms with Crippen molar-refractivity contribution in [2.45, 2.75) is 32.0 Å². The normalized spacial score (nSPS) is 15.5. The number of nitrogens with zero attached hydrogens (tertiary/aromatic N) is 2. The van der Waals surface area contributed by atoms with Crippen LogP contribution in [0, 0.1) is 0 Å². The van der Waals surface area contributed by atoms with Gasteiger partial charge in [0.05, 0.1) is 12.6 Å². The molecular formula is C25H24N2O3. The Labute approximate surface area is 176 Å². The van der Waals surface area contributed by atoms with E-state index in [1.165, 1.54) is 9.96 Å². The Kier molecular flexibility index (Phi) is 6.20. The van der Waals surface area contributed by atoms with Crippen LogP contribution in [0.5, 0.6) is 0 Å².